The fourth-order valence-corrected chi connectivity index (χ4v) is 7.74. The molecule has 3 aliphatic carbocycles. The maximum atomic E-state index is 13.5. The predicted octanol–water partition coefficient (Wildman–Crippen LogP) is 3.29. The average molecular weight is 473 g/mol. The van der Waals surface area contributed by atoms with Gasteiger partial charge in [-0.25, -0.2) is 0 Å². The van der Waals surface area contributed by atoms with Crippen molar-refractivity contribution in [2.24, 2.45) is 28.6 Å². The molecule has 2 heterocycles. The number of ketones is 1. The van der Waals surface area contributed by atoms with Gasteiger partial charge in [-0.2, -0.15) is 0 Å². The zero-order valence-electron chi connectivity index (χ0n) is 20.8. The number of fused-ring (bicyclic) bond motifs is 7. The van der Waals surface area contributed by atoms with Gasteiger partial charge >= 0.3 is 5.97 Å². The maximum absolute atomic E-state index is 13.5. The van der Waals surface area contributed by atoms with Crippen molar-refractivity contribution >= 4 is 18.0 Å². The van der Waals surface area contributed by atoms with Gasteiger partial charge in [0, 0.05) is 12.3 Å². The van der Waals surface area contributed by atoms with Crippen LogP contribution in [0.2, 0.25) is 0 Å². The molecular formula is C27H36O7. The lowest BCUT2D eigenvalue weighted by molar-refractivity contribution is -0.244. The van der Waals surface area contributed by atoms with Crippen LogP contribution in [0.25, 0.3) is 0 Å². The average Bonchev–Trinajstić information content (AvgIpc) is 3.24. The SMILES string of the molecule is CC(=O)OC1COC2OC3C(C(C=O)=CCC4C5=C(C(C)C)CCC5(C)CCC43C)C2(O)C1=O. The summed E-state index contributed by atoms with van der Waals surface area (Å²) in [6, 6.07) is 0. The van der Waals surface area contributed by atoms with Crippen LogP contribution in [-0.2, 0) is 28.6 Å². The summed E-state index contributed by atoms with van der Waals surface area (Å²) < 4.78 is 17.3. The smallest absolute Gasteiger partial charge is 0.303 e. The first-order valence-corrected chi connectivity index (χ1v) is 12.6. The largest absolute Gasteiger partial charge is 0.452 e. The molecule has 0 spiro atoms. The minimum atomic E-state index is -2.08. The maximum Gasteiger partial charge on any atom is 0.303 e. The Bertz CT molecular complexity index is 995. The summed E-state index contributed by atoms with van der Waals surface area (Å²) in [7, 11) is 0. The summed E-state index contributed by atoms with van der Waals surface area (Å²) in [5, 5.41) is 11.9. The minimum absolute atomic E-state index is 0.133. The molecule has 8 unspecified atom stereocenters. The quantitative estimate of drug-likeness (QED) is 0.382. The molecule has 2 saturated heterocycles. The van der Waals surface area contributed by atoms with Gasteiger partial charge in [0.05, 0.1) is 18.6 Å². The molecule has 0 bridgehead atoms. The van der Waals surface area contributed by atoms with Gasteiger partial charge in [0.1, 0.15) is 6.29 Å². The van der Waals surface area contributed by atoms with Crippen LogP contribution in [0.5, 0.6) is 0 Å². The van der Waals surface area contributed by atoms with Crippen molar-refractivity contribution in [3.8, 4) is 0 Å². The van der Waals surface area contributed by atoms with Crippen LogP contribution >= 0.6 is 0 Å². The third kappa shape index (κ3) is 3.09. The molecule has 1 N–H and O–H groups in total. The van der Waals surface area contributed by atoms with Crippen molar-refractivity contribution < 1.29 is 33.7 Å². The second kappa shape index (κ2) is 7.84. The molecule has 34 heavy (non-hydrogen) atoms. The molecule has 3 fully saturated rings. The summed E-state index contributed by atoms with van der Waals surface area (Å²) in [5.74, 6) is -1.55. The van der Waals surface area contributed by atoms with Crippen molar-refractivity contribution in [3.63, 3.8) is 0 Å². The molecule has 2 aliphatic heterocycles. The van der Waals surface area contributed by atoms with E-state index in [4.69, 9.17) is 14.2 Å². The van der Waals surface area contributed by atoms with Gasteiger partial charge in [0.25, 0.3) is 0 Å². The Morgan fingerprint density at radius 1 is 1.26 bits per heavy atom. The molecule has 1 saturated carbocycles. The Kier molecular flexibility index (Phi) is 5.51. The summed E-state index contributed by atoms with van der Waals surface area (Å²) in [4.78, 5) is 37.4. The number of carbonyl (C=O) groups excluding carboxylic acids is 3. The normalized spacial score (nSPS) is 45.7. The Hall–Kier alpha value is -1.83. The van der Waals surface area contributed by atoms with Crippen molar-refractivity contribution in [1.29, 1.82) is 0 Å². The monoisotopic (exact) mass is 472 g/mol. The number of esters is 1. The Morgan fingerprint density at radius 3 is 2.65 bits per heavy atom. The molecule has 7 nitrogen and oxygen atoms in total. The second-order valence-corrected chi connectivity index (χ2v) is 11.8. The van der Waals surface area contributed by atoms with Crippen LogP contribution in [-0.4, -0.2) is 53.9 Å². The van der Waals surface area contributed by atoms with Crippen LogP contribution in [0.3, 0.4) is 0 Å². The summed E-state index contributed by atoms with van der Waals surface area (Å²) >= 11 is 0. The van der Waals surface area contributed by atoms with E-state index in [0.29, 0.717) is 17.9 Å². The molecule has 0 amide bonds. The lowest BCUT2D eigenvalue weighted by Crippen LogP contribution is -2.62. The topological polar surface area (TPSA) is 99.1 Å². The van der Waals surface area contributed by atoms with Crippen LogP contribution in [0, 0.1) is 28.6 Å². The predicted molar refractivity (Wildman–Crippen MR) is 122 cm³/mol. The molecule has 0 aromatic carbocycles. The van der Waals surface area contributed by atoms with Gasteiger partial charge in [-0.1, -0.05) is 44.9 Å². The Balaban J connectivity index is 1.62. The van der Waals surface area contributed by atoms with Crippen molar-refractivity contribution in [2.45, 2.75) is 90.8 Å². The molecule has 0 aromatic heterocycles. The summed E-state index contributed by atoms with van der Waals surface area (Å²) in [5.41, 5.74) is 1.03. The molecule has 186 valence electrons. The number of Topliss-reactive ketones (excluding diaryl/α,β-unsaturated/α-hetero) is 1. The molecule has 5 rings (SSSR count). The lowest BCUT2D eigenvalue weighted by Gasteiger charge is -2.52. The lowest BCUT2D eigenvalue weighted by atomic mass is 9.53. The molecule has 8 atom stereocenters. The van der Waals surface area contributed by atoms with Crippen molar-refractivity contribution in [1.82, 2.24) is 0 Å². The highest BCUT2D eigenvalue weighted by atomic mass is 16.7. The number of aldehydes is 1. The van der Waals surface area contributed by atoms with E-state index in [1.54, 1.807) is 0 Å². The first kappa shape index (κ1) is 23.9. The van der Waals surface area contributed by atoms with Gasteiger partial charge in [-0.15, -0.1) is 0 Å². The van der Waals surface area contributed by atoms with Crippen LogP contribution in [0.1, 0.15) is 66.7 Å². The minimum Gasteiger partial charge on any atom is -0.452 e. The zero-order chi connectivity index (χ0) is 24.6. The van der Waals surface area contributed by atoms with E-state index < -0.39 is 41.8 Å². The highest BCUT2D eigenvalue weighted by molar-refractivity contribution is 5.96. The van der Waals surface area contributed by atoms with E-state index in [-0.39, 0.29) is 23.4 Å². The van der Waals surface area contributed by atoms with Gasteiger partial charge in [0.2, 0.25) is 5.78 Å². The molecule has 7 heteroatoms. The number of rotatable bonds is 3. The third-order valence-electron chi connectivity index (χ3n) is 9.53. The first-order valence-electron chi connectivity index (χ1n) is 12.6. The van der Waals surface area contributed by atoms with Crippen LogP contribution in [0.4, 0.5) is 0 Å². The number of aliphatic hydroxyl groups is 1. The second-order valence-electron chi connectivity index (χ2n) is 11.8. The van der Waals surface area contributed by atoms with E-state index in [1.807, 2.05) is 6.08 Å². The highest BCUT2D eigenvalue weighted by Crippen LogP contribution is 2.66. The van der Waals surface area contributed by atoms with E-state index in [0.717, 1.165) is 32.0 Å². The van der Waals surface area contributed by atoms with Gasteiger partial charge in [-0.05, 0) is 54.9 Å². The number of ether oxygens (including phenoxy) is 3. The van der Waals surface area contributed by atoms with Gasteiger partial charge < -0.3 is 19.3 Å². The number of carbonyl (C=O) groups is 3. The molecule has 5 aliphatic rings. The summed E-state index contributed by atoms with van der Waals surface area (Å²) in [6.45, 7) is 10.1. The van der Waals surface area contributed by atoms with E-state index in [1.165, 1.54) is 18.1 Å². The third-order valence-corrected chi connectivity index (χ3v) is 9.53. The fraction of sp³-hybridized carbons (Fsp3) is 0.741. The van der Waals surface area contributed by atoms with Crippen molar-refractivity contribution in [3.05, 3.63) is 22.8 Å². The van der Waals surface area contributed by atoms with Gasteiger partial charge in [-0.3, -0.25) is 14.4 Å². The number of hydrogen-bond acceptors (Lipinski definition) is 7. The van der Waals surface area contributed by atoms with Crippen LogP contribution in [0.15, 0.2) is 22.8 Å². The van der Waals surface area contributed by atoms with Gasteiger partial charge in [0.15, 0.2) is 18.0 Å². The molecule has 0 radical (unpaired) electrons. The molecular weight excluding hydrogens is 436 g/mol. The highest BCUT2D eigenvalue weighted by Gasteiger charge is 2.71. The zero-order valence-corrected chi connectivity index (χ0v) is 20.8. The molecule has 0 aromatic rings. The standard InChI is InChI=1S/C27H36O7/c1-14(2)17-8-9-25(4)10-11-26(5)18(21(17)25)7-6-16(12-28)20-23(26)34-24-27(20,31)22(30)19(13-32-24)33-15(3)29/h6,12,14,18-20,23-24,31H,7-11,13H2,1-5H3. The van der Waals surface area contributed by atoms with Crippen LogP contribution < -0.4 is 0 Å². The first-order chi connectivity index (χ1) is 16.0. The van der Waals surface area contributed by atoms with E-state index in [9.17, 15) is 19.5 Å². The number of allylic oxidation sites excluding steroid dienone is 3. The van der Waals surface area contributed by atoms with E-state index in [2.05, 4.69) is 27.7 Å². The summed E-state index contributed by atoms with van der Waals surface area (Å²) in [6.07, 6.45) is 4.43. The number of hydrogen-bond donors (Lipinski definition) is 1. The van der Waals surface area contributed by atoms with E-state index >= 15 is 0 Å². The Labute approximate surface area is 200 Å². The Morgan fingerprint density at radius 2 is 2.00 bits per heavy atom. The fourth-order valence-electron chi connectivity index (χ4n) is 7.74. The van der Waals surface area contributed by atoms with Crippen molar-refractivity contribution in [2.75, 3.05) is 6.61 Å².